The molecule has 2 heterocycles. The number of pyridine rings is 1. The van der Waals surface area contributed by atoms with E-state index in [1.54, 1.807) is 6.33 Å². The maximum Gasteiger partial charge on any atom is 0.115 e. The molecule has 4 heteroatoms. The molecule has 1 atom stereocenters. The Bertz CT molecular complexity index is 707. The SMILES string of the molecule is CCCNC(c1cncnc1)c1cccc2cnccc12. The summed E-state index contributed by atoms with van der Waals surface area (Å²) >= 11 is 0. The maximum atomic E-state index is 4.20. The highest BCUT2D eigenvalue weighted by atomic mass is 14.9. The largest absolute Gasteiger partial charge is 0.306 e. The van der Waals surface area contributed by atoms with Crippen molar-refractivity contribution < 1.29 is 0 Å². The van der Waals surface area contributed by atoms with Crippen molar-refractivity contribution in [3.63, 3.8) is 0 Å². The van der Waals surface area contributed by atoms with Crippen molar-refractivity contribution in [3.05, 3.63) is 66.5 Å². The van der Waals surface area contributed by atoms with Crippen LogP contribution in [0.4, 0.5) is 0 Å². The summed E-state index contributed by atoms with van der Waals surface area (Å²) in [5.74, 6) is 0. The van der Waals surface area contributed by atoms with E-state index in [0.717, 1.165) is 23.9 Å². The summed E-state index contributed by atoms with van der Waals surface area (Å²) in [4.78, 5) is 12.5. The van der Waals surface area contributed by atoms with Crippen LogP contribution in [-0.4, -0.2) is 21.5 Å². The lowest BCUT2D eigenvalue weighted by Crippen LogP contribution is -2.23. The van der Waals surface area contributed by atoms with E-state index in [4.69, 9.17) is 0 Å². The van der Waals surface area contributed by atoms with Crippen LogP contribution in [0.15, 0.2) is 55.4 Å². The van der Waals surface area contributed by atoms with E-state index < -0.39 is 0 Å². The topological polar surface area (TPSA) is 50.7 Å². The molecule has 1 unspecified atom stereocenters. The second-order valence-electron chi connectivity index (χ2n) is 5.00. The Morgan fingerprint density at radius 2 is 1.90 bits per heavy atom. The van der Waals surface area contributed by atoms with Crippen molar-refractivity contribution in [3.8, 4) is 0 Å². The van der Waals surface area contributed by atoms with Gasteiger partial charge in [0.05, 0.1) is 6.04 Å². The summed E-state index contributed by atoms with van der Waals surface area (Å²) in [7, 11) is 0. The minimum atomic E-state index is 0.0947. The number of rotatable bonds is 5. The second-order valence-corrected chi connectivity index (χ2v) is 5.00. The van der Waals surface area contributed by atoms with Crippen LogP contribution in [0.5, 0.6) is 0 Å². The number of hydrogen-bond acceptors (Lipinski definition) is 4. The third-order valence-corrected chi connectivity index (χ3v) is 3.54. The van der Waals surface area contributed by atoms with E-state index in [-0.39, 0.29) is 6.04 Å². The Hall–Kier alpha value is -2.33. The molecule has 21 heavy (non-hydrogen) atoms. The second kappa shape index (κ2) is 6.41. The molecule has 3 aromatic rings. The summed E-state index contributed by atoms with van der Waals surface area (Å²) in [6.45, 7) is 3.11. The van der Waals surface area contributed by atoms with Gasteiger partial charge in [-0.25, -0.2) is 9.97 Å². The Labute approximate surface area is 124 Å². The third kappa shape index (κ3) is 2.90. The van der Waals surface area contributed by atoms with Gasteiger partial charge in [-0.05, 0) is 30.0 Å². The van der Waals surface area contributed by atoms with Gasteiger partial charge in [0.15, 0.2) is 0 Å². The van der Waals surface area contributed by atoms with E-state index in [1.165, 1.54) is 10.9 Å². The molecule has 0 aliphatic rings. The first-order chi connectivity index (χ1) is 10.4. The fourth-order valence-corrected chi connectivity index (χ4v) is 2.56. The fourth-order valence-electron chi connectivity index (χ4n) is 2.56. The van der Waals surface area contributed by atoms with Crippen LogP contribution in [0, 0.1) is 0 Å². The van der Waals surface area contributed by atoms with Gasteiger partial charge >= 0.3 is 0 Å². The predicted molar refractivity (Wildman–Crippen MR) is 83.9 cm³/mol. The van der Waals surface area contributed by atoms with Crippen molar-refractivity contribution in [2.45, 2.75) is 19.4 Å². The smallest absolute Gasteiger partial charge is 0.115 e. The number of benzene rings is 1. The molecule has 0 saturated carbocycles. The molecule has 1 N–H and O–H groups in total. The lowest BCUT2D eigenvalue weighted by atomic mass is 9.96. The van der Waals surface area contributed by atoms with Gasteiger partial charge in [0.1, 0.15) is 6.33 Å². The number of fused-ring (bicyclic) bond motifs is 1. The van der Waals surface area contributed by atoms with E-state index in [1.807, 2.05) is 24.8 Å². The molecule has 0 amide bonds. The fraction of sp³-hybridized carbons (Fsp3) is 0.235. The molecular weight excluding hydrogens is 260 g/mol. The third-order valence-electron chi connectivity index (χ3n) is 3.54. The van der Waals surface area contributed by atoms with Crippen molar-refractivity contribution in [1.82, 2.24) is 20.3 Å². The monoisotopic (exact) mass is 278 g/mol. The summed E-state index contributed by atoms with van der Waals surface area (Å²) in [5, 5.41) is 5.95. The van der Waals surface area contributed by atoms with Crippen LogP contribution in [-0.2, 0) is 0 Å². The molecule has 4 nitrogen and oxygen atoms in total. The quantitative estimate of drug-likeness (QED) is 0.779. The van der Waals surface area contributed by atoms with E-state index in [9.17, 15) is 0 Å². The van der Waals surface area contributed by atoms with Crippen LogP contribution < -0.4 is 5.32 Å². The highest BCUT2D eigenvalue weighted by molar-refractivity contribution is 5.85. The van der Waals surface area contributed by atoms with Crippen LogP contribution in [0.25, 0.3) is 10.8 Å². The summed E-state index contributed by atoms with van der Waals surface area (Å²) in [6.07, 6.45) is 10.1. The number of aromatic nitrogens is 3. The lowest BCUT2D eigenvalue weighted by molar-refractivity contribution is 0.598. The van der Waals surface area contributed by atoms with Gasteiger partial charge in [-0.2, -0.15) is 0 Å². The van der Waals surface area contributed by atoms with Gasteiger partial charge in [0.2, 0.25) is 0 Å². The molecular formula is C17H18N4. The first-order valence-corrected chi connectivity index (χ1v) is 7.21. The van der Waals surface area contributed by atoms with Gasteiger partial charge in [0, 0.05) is 35.7 Å². The molecule has 1 aromatic carbocycles. The molecule has 106 valence electrons. The molecule has 0 aliphatic heterocycles. The van der Waals surface area contributed by atoms with Crippen molar-refractivity contribution >= 4 is 10.8 Å². The zero-order valence-corrected chi connectivity index (χ0v) is 12.0. The summed E-state index contributed by atoms with van der Waals surface area (Å²) < 4.78 is 0. The molecule has 0 radical (unpaired) electrons. The molecule has 0 saturated heterocycles. The Kier molecular flexibility index (Phi) is 4.17. The molecule has 0 bridgehead atoms. The normalized spacial score (nSPS) is 12.4. The van der Waals surface area contributed by atoms with Gasteiger partial charge in [-0.3, -0.25) is 4.98 Å². The van der Waals surface area contributed by atoms with E-state index in [0.29, 0.717) is 0 Å². The van der Waals surface area contributed by atoms with Crippen LogP contribution in [0.2, 0.25) is 0 Å². The molecule has 0 fully saturated rings. The van der Waals surface area contributed by atoms with E-state index >= 15 is 0 Å². The zero-order valence-electron chi connectivity index (χ0n) is 12.0. The average Bonchev–Trinajstić information content (AvgIpc) is 2.56. The minimum absolute atomic E-state index is 0.0947. The average molecular weight is 278 g/mol. The van der Waals surface area contributed by atoms with Crippen molar-refractivity contribution in [2.75, 3.05) is 6.54 Å². The molecule has 0 spiro atoms. The number of nitrogens with zero attached hydrogens (tertiary/aromatic N) is 3. The molecule has 2 aromatic heterocycles. The van der Waals surface area contributed by atoms with E-state index in [2.05, 4.69) is 51.5 Å². The summed E-state index contributed by atoms with van der Waals surface area (Å²) in [6, 6.07) is 8.48. The van der Waals surface area contributed by atoms with Crippen molar-refractivity contribution in [1.29, 1.82) is 0 Å². The van der Waals surface area contributed by atoms with Crippen LogP contribution in [0.3, 0.4) is 0 Å². The summed E-state index contributed by atoms with van der Waals surface area (Å²) in [5.41, 5.74) is 2.31. The molecule has 0 aliphatic carbocycles. The lowest BCUT2D eigenvalue weighted by Gasteiger charge is -2.20. The highest BCUT2D eigenvalue weighted by Gasteiger charge is 2.16. The van der Waals surface area contributed by atoms with Gasteiger partial charge < -0.3 is 5.32 Å². The maximum absolute atomic E-state index is 4.20. The standard InChI is InChI=1S/C17H18N4/c1-2-7-21-17(14-10-19-12-20-11-14)16-5-3-4-13-9-18-8-6-15(13)16/h3-6,8-12,17,21H,2,7H2,1H3. The first-order valence-electron chi connectivity index (χ1n) is 7.21. The minimum Gasteiger partial charge on any atom is -0.306 e. The first kappa shape index (κ1) is 13.6. The van der Waals surface area contributed by atoms with Crippen molar-refractivity contribution in [2.24, 2.45) is 0 Å². The predicted octanol–water partition coefficient (Wildman–Crippen LogP) is 3.11. The Morgan fingerprint density at radius 1 is 1.05 bits per heavy atom. The number of nitrogens with one attached hydrogen (secondary N) is 1. The Morgan fingerprint density at radius 3 is 2.71 bits per heavy atom. The van der Waals surface area contributed by atoms with Crippen LogP contribution >= 0.6 is 0 Å². The van der Waals surface area contributed by atoms with Crippen LogP contribution in [0.1, 0.15) is 30.5 Å². The Balaban J connectivity index is 2.10. The zero-order chi connectivity index (χ0) is 14.5. The van der Waals surface area contributed by atoms with Gasteiger partial charge in [-0.1, -0.05) is 25.1 Å². The molecule has 3 rings (SSSR count). The van der Waals surface area contributed by atoms with Gasteiger partial charge in [0.25, 0.3) is 0 Å². The van der Waals surface area contributed by atoms with Gasteiger partial charge in [-0.15, -0.1) is 0 Å². The number of hydrogen-bond donors (Lipinski definition) is 1. The highest BCUT2D eigenvalue weighted by Crippen LogP contribution is 2.27.